The molecule has 1 aromatic heterocycles. The standard InChI is InChI=1S/C15H19N3O2S/c16-15-8-5-12-11-13(6-7-14(12)17-15)21(19,20)18-9-3-1-2-4-10-18/h5-8,11H,1-4,9-10H2,(H2,16,17). The number of nitrogen functional groups attached to an aromatic ring is 1. The van der Waals surface area contributed by atoms with Gasteiger partial charge in [-0.3, -0.25) is 0 Å². The first kappa shape index (κ1) is 14.3. The van der Waals surface area contributed by atoms with Gasteiger partial charge in [0.25, 0.3) is 0 Å². The van der Waals surface area contributed by atoms with Gasteiger partial charge in [0, 0.05) is 18.5 Å². The van der Waals surface area contributed by atoms with E-state index >= 15 is 0 Å². The van der Waals surface area contributed by atoms with E-state index in [2.05, 4.69) is 4.98 Å². The molecule has 6 heteroatoms. The highest BCUT2D eigenvalue weighted by atomic mass is 32.2. The lowest BCUT2D eigenvalue weighted by atomic mass is 10.2. The summed E-state index contributed by atoms with van der Waals surface area (Å²) in [5.41, 5.74) is 6.36. The third-order valence-corrected chi connectivity index (χ3v) is 5.78. The lowest BCUT2D eigenvalue weighted by Crippen LogP contribution is -2.31. The van der Waals surface area contributed by atoms with Crippen molar-refractivity contribution in [2.45, 2.75) is 30.6 Å². The average molecular weight is 305 g/mol. The number of nitrogens with zero attached hydrogens (tertiary/aromatic N) is 2. The van der Waals surface area contributed by atoms with Crippen molar-refractivity contribution in [1.82, 2.24) is 9.29 Å². The molecule has 0 atom stereocenters. The Labute approximate surface area is 124 Å². The second-order valence-corrected chi connectivity index (χ2v) is 7.35. The first-order valence-corrected chi connectivity index (χ1v) is 8.68. The van der Waals surface area contributed by atoms with Gasteiger partial charge in [-0.05, 0) is 43.2 Å². The average Bonchev–Trinajstić information content (AvgIpc) is 2.76. The Morgan fingerprint density at radius 3 is 2.43 bits per heavy atom. The molecule has 2 N–H and O–H groups in total. The molecule has 1 fully saturated rings. The molecule has 2 heterocycles. The van der Waals surface area contributed by atoms with E-state index in [0.717, 1.165) is 31.1 Å². The summed E-state index contributed by atoms with van der Waals surface area (Å²) >= 11 is 0. The topological polar surface area (TPSA) is 76.3 Å². The maximum Gasteiger partial charge on any atom is 0.243 e. The van der Waals surface area contributed by atoms with E-state index in [0.29, 0.717) is 29.3 Å². The van der Waals surface area contributed by atoms with E-state index in [9.17, 15) is 8.42 Å². The minimum Gasteiger partial charge on any atom is -0.384 e. The smallest absolute Gasteiger partial charge is 0.243 e. The van der Waals surface area contributed by atoms with Crippen LogP contribution < -0.4 is 5.73 Å². The molecule has 112 valence electrons. The molecule has 0 unspecified atom stereocenters. The Hall–Kier alpha value is -1.66. The predicted octanol–water partition coefficient (Wildman–Crippen LogP) is 2.38. The van der Waals surface area contributed by atoms with Gasteiger partial charge < -0.3 is 5.73 Å². The maximum atomic E-state index is 12.7. The predicted molar refractivity (Wildman–Crippen MR) is 83.4 cm³/mol. The molecule has 0 bridgehead atoms. The van der Waals surface area contributed by atoms with E-state index in [1.165, 1.54) is 0 Å². The number of sulfonamides is 1. The molecule has 21 heavy (non-hydrogen) atoms. The van der Waals surface area contributed by atoms with Crippen molar-refractivity contribution in [1.29, 1.82) is 0 Å². The second kappa shape index (κ2) is 5.61. The van der Waals surface area contributed by atoms with Gasteiger partial charge in [0.1, 0.15) is 5.82 Å². The summed E-state index contributed by atoms with van der Waals surface area (Å²) in [6.07, 6.45) is 4.08. The fraction of sp³-hybridized carbons (Fsp3) is 0.400. The largest absolute Gasteiger partial charge is 0.384 e. The number of nitrogens with two attached hydrogens (primary N) is 1. The highest BCUT2D eigenvalue weighted by molar-refractivity contribution is 7.89. The van der Waals surface area contributed by atoms with E-state index in [4.69, 9.17) is 5.73 Å². The highest BCUT2D eigenvalue weighted by Crippen LogP contribution is 2.23. The molecule has 0 saturated carbocycles. The van der Waals surface area contributed by atoms with Crippen LogP contribution in [0, 0.1) is 0 Å². The number of rotatable bonds is 2. The summed E-state index contributed by atoms with van der Waals surface area (Å²) in [6.45, 7) is 1.22. The number of hydrogen-bond acceptors (Lipinski definition) is 4. The molecular formula is C15H19N3O2S. The van der Waals surface area contributed by atoms with Gasteiger partial charge in [-0.15, -0.1) is 0 Å². The minimum absolute atomic E-state index is 0.337. The molecule has 2 aromatic rings. The van der Waals surface area contributed by atoms with Crippen LogP contribution in [-0.4, -0.2) is 30.8 Å². The van der Waals surface area contributed by atoms with E-state index in [-0.39, 0.29) is 0 Å². The van der Waals surface area contributed by atoms with Gasteiger partial charge in [0.15, 0.2) is 0 Å². The fourth-order valence-electron chi connectivity index (χ4n) is 2.71. The Morgan fingerprint density at radius 2 is 1.71 bits per heavy atom. The number of benzene rings is 1. The zero-order chi connectivity index (χ0) is 14.9. The quantitative estimate of drug-likeness (QED) is 0.924. The summed E-state index contributed by atoms with van der Waals surface area (Å²) in [5, 5.41) is 0.792. The molecule has 0 radical (unpaired) electrons. The Morgan fingerprint density at radius 1 is 1.00 bits per heavy atom. The zero-order valence-electron chi connectivity index (χ0n) is 11.8. The number of anilines is 1. The highest BCUT2D eigenvalue weighted by Gasteiger charge is 2.25. The molecule has 0 aliphatic carbocycles. The minimum atomic E-state index is -3.41. The van der Waals surface area contributed by atoms with Crippen LogP contribution >= 0.6 is 0 Å². The molecular weight excluding hydrogens is 286 g/mol. The third kappa shape index (κ3) is 2.87. The normalized spacial score (nSPS) is 17.7. The van der Waals surface area contributed by atoms with Crippen molar-refractivity contribution in [2.75, 3.05) is 18.8 Å². The summed E-state index contributed by atoms with van der Waals surface area (Å²) < 4.78 is 27.1. The molecule has 5 nitrogen and oxygen atoms in total. The molecule has 1 saturated heterocycles. The lowest BCUT2D eigenvalue weighted by molar-refractivity contribution is 0.424. The van der Waals surface area contributed by atoms with Crippen molar-refractivity contribution in [3.8, 4) is 0 Å². The van der Waals surface area contributed by atoms with Crippen LogP contribution in [0.1, 0.15) is 25.7 Å². The lowest BCUT2D eigenvalue weighted by Gasteiger charge is -2.20. The Balaban J connectivity index is 1.99. The van der Waals surface area contributed by atoms with E-state index in [1.807, 2.05) is 0 Å². The van der Waals surface area contributed by atoms with Gasteiger partial charge in [-0.1, -0.05) is 12.8 Å². The van der Waals surface area contributed by atoms with Gasteiger partial charge in [-0.2, -0.15) is 4.31 Å². The van der Waals surface area contributed by atoms with Crippen molar-refractivity contribution < 1.29 is 8.42 Å². The van der Waals surface area contributed by atoms with Crippen molar-refractivity contribution in [3.63, 3.8) is 0 Å². The van der Waals surface area contributed by atoms with Crippen molar-refractivity contribution in [2.24, 2.45) is 0 Å². The molecule has 3 rings (SSSR count). The summed E-state index contributed by atoms with van der Waals surface area (Å²) in [6, 6.07) is 8.51. The van der Waals surface area contributed by atoms with Crippen LogP contribution in [0.15, 0.2) is 35.2 Å². The summed E-state index contributed by atoms with van der Waals surface area (Å²) in [4.78, 5) is 4.53. The van der Waals surface area contributed by atoms with E-state index in [1.54, 1.807) is 34.6 Å². The SMILES string of the molecule is Nc1ccc2cc(S(=O)(=O)N3CCCCCC3)ccc2n1. The van der Waals surface area contributed by atoms with Crippen LogP contribution in [0.2, 0.25) is 0 Å². The van der Waals surface area contributed by atoms with Crippen LogP contribution in [0.5, 0.6) is 0 Å². The van der Waals surface area contributed by atoms with Crippen LogP contribution in [0.4, 0.5) is 5.82 Å². The van der Waals surface area contributed by atoms with Gasteiger partial charge in [-0.25, -0.2) is 13.4 Å². The first-order valence-electron chi connectivity index (χ1n) is 7.24. The fourth-order valence-corrected chi connectivity index (χ4v) is 4.26. The van der Waals surface area contributed by atoms with Crippen LogP contribution in [-0.2, 0) is 10.0 Å². The monoisotopic (exact) mass is 305 g/mol. The number of fused-ring (bicyclic) bond motifs is 1. The van der Waals surface area contributed by atoms with Gasteiger partial charge in [0.2, 0.25) is 10.0 Å². The van der Waals surface area contributed by atoms with Gasteiger partial charge in [0.05, 0.1) is 10.4 Å². The maximum absolute atomic E-state index is 12.7. The summed E-state index contributed by atoms with van der Waals surface area (Å²) in [5.74, 6) is 0.436. The molecule has 1 aromatic carbocycles. The first-order chi connectivity index (χ1) is 10.1. The van der Waals surface area contributed by atoms with Crippen LogP contribution in [0.3, 0.4) is 0 Å². The Kier molecular flexibility index (Phi) is 3.82. The second-order valence-electron chi connectivity index (χ2n) is 5.41. The van der Waals surface area contributed by atoms with Crippen molar-refractivity contribution >= 4 is 26.7 Å². The number of pyridine rings is 1. The molecule has 1 aliphatic rings. The van der Waals surface area contributed by atoms with E-state index < -0.39 is 10.0 Å². The molecule has 0 amide bonds. The third-order valence-electron chi connectivity index (χ3n) is 3.89. The molecule has 1 aliphatic heterocycles. The number of hydrogen-bond donors (Lipinski definition) is 1. The summed E-state index contributed by atoms with van der Waals surface area (Å²) in [7, 11) is -3.41. The van der Waals surface area contributed by atoms with Crippen LogP contribution in [0.25, 0.3) is 10.9 Å². The van der Waals surface area contributed by atoms with Crippen molar-refractivity contribution in [3.05, 3.63) is 30.3 Å². The molecule has 0 spiro atoms. The Bertz CT molecular complexity index is 751. The zero-order valence-corrected chi connectivity index (χ0v) is 12.6. The van der Waals surface area contributed by atoms with Gasteiger partial charge >= 0.3 is 0 Å². The number of aromatic nitrogens is 1.